The number of aryl methyl sites for hydroxylation is 1. The van der Waals surface area contributed by atoms with Gasteiger partial charge in [-0.1, -0.05) is 18.2 Å². The summed E-state index contributed by atoms with van der Waals surface area (Å²) in [5.74, 6) is 2.30. The summed E-state index contributed by atoms with van der Waals surface area (Å²) in [5, 5.41) is 3.04. The van der Waals surface area contributed by atoms with E-state index in [4.69, 9.17) is 14.2 Å². The summed E-state index contributed by atoms with van der Waals surface area (Å²) < 4.78 is 18.4. The number of nitrogens with zero attached hydrogens (tertiary/aromatic N) is 2. The van der Waals surface area contributed by atoms with Crippen LogP contribution < -0.4 is 19.5 Å². The third-order valence-corrected chi connectivity index (χ3v) is 4.54. The molecule has 152 valence electrons. The molecule has 29 heavy (non-hydrogen) atoms. The molecule has 0 fully saturated rings. The Bertz CT molecular complexity index is 933. The van der Waals surface area contributed by atoms with Crippen LogP contribution in [0.5, 0.6) is 17.2 Å². The molecule has 2 aromatic carbocycles. The Labute approximate surface area is 170 Å². The Hall–Kier alpha value is -3.48. The normalized spacial score (nSPS) is 12.7. The summed E-state index contributed by atoms with van der Waals surface area (Å²) in [4.78, 5) is 17.3. The lowest BCUT2D eigenvalue weighted by Gasteiger charge is -2.23. The summed E-state index contributed by atoms with van der Waals surface area (Å²) in [5.41, 5.74) is 0.788. The molecule has 1 aromatic heterocycles. The van der Waals surface area contributed by atoms with Gasteiger partial charge in [-0.05, 0) is 36.8 Å². The van der Waals surface area contributed by atoms with E-state index in [9.17, 15) is 4.79 Å². The molecule has 0 spiro atoms. The Morgan fingerprint density at radius 1 is 1.03 bits per heavy atom. The number of carbonyl (C=O) groups is 1. The minimum absolute atomic E-state index is 0.261. The van der Waals surface area contributed by atoms with Crippen molar-refractivity contribution in [2.75, 3.05) is 14.2 Å². The third kappa shape index (κ3) is 4.87. The third-order valence-electron chi connectivity index (χ3n) is 4.54. The van der Waals surface area contributed by atoms with Crippen molar-refractivity contribution in [1.82, 2.24) is 14.9 Å². The van der Waals surface area contributed by atoms with Crippen LogP contribution in [0.4, 0.5) is 0 Å². The standard InChI is InChI=1S/C22H25N3O4/c1-15(29-17-8-6-5-7-9-17)22(26)24-20(21-23-10-11-25(21)2)16-12-18(27-3)14-19(13-16)28-4/h5-15,20H,1-4H3,(H,24,26)/t15-,20-/m1/s1. The molecule has 0 aliphatic heterocycles. The molecule has 0 aliphatic carbocycles. The van der Waals surface area contributed by atoms with Gasteiger partial charge in [0.1, 0.15) is 29.1 Å². The van der Waals surface area contributed by atoms with Gasteiger partial charge < -0.3 is 24.1 Å². The van der Waals surface area contributed by atoms with Crippen molar-refractivity contribution in [3.63, 3.8) is 0 Å². The van der Waals surface area contributed by atoms with Crippen LogP contribution in [-0.4, -0.2) is 35.8 Å². The number of amides is 1. The molecule has 0 aliphatic rings. The van der Waals surface area contributed by atoms with Gasteiger partial charge in [0.05, 0.1) is 14.2 Å². The lowest BCUT2D eigenvalue weighted by Crippen LogP contribution is -2.39. The Balaban J connectivity index is 1.89. The SMILES string of the molecule is COc1cc(OC)cc([C@@H](NC(=O)[C@@H](C)Oc2ccccc2)c2nccn2C)c1. The molecule has 3 aromatic rings. The zero-order valence-electron chi connectivity index (χ0n) is 17.0. The molecule has 7 heteroatoms. The maximum Gasteiger partial charge on any atom is 0.261 e. The fourth-order valence-electron chi connectivity index (χ4n) is 2.96. The second-order valence-electron chi connectivity index (χ2n) is 6.56. The van der Waals surface area contributed by atoms with Crippen molar-refractivity contribution in [2.45, 2.75) is 19.1 Å². The number of hydrogen-bond acceptors (Lipinski definition) is 5. The summed E-state index contributed by atoms with van der Waals surface area (Å²) >= 11 is 0. The first-order chi connectivity index (χ1) is 14.0. The van der Waals surface area contributed by atoms with Crippen molar-refractivity contribution >= 4 is 5.91 Å². The second-order valence-corrected chi connectivity index (χ2v) is 6.56. The van der Waals surface area contributed by atoms with E-state index < -0.39 is 12.1 Å². The van der Waals surface area contributed by atoms with Crippen molar-refractivity contribution in [2.24, 2.45) is 7.05 Å². The lowest BCUT2D eigenvalue weighted by molar-refractivity contribution is -0.127. The quantitative estimate of drug-likeness (QED) is 0.634. The molecule has 0 bridgehead atoms. The molecular weight excluding hydrogens is 370 g/mol. The maximum atomic E-state index is 12.9. The zero-order chi connectivity index (χ0) is 20.8. The van der Waals surface area contributed by atoms with E-state index >= 15 is 0 Å². The Morgan fingerprint density at radius 3 is 2.24 bits per heavy atom. The van der Waals surface area contributed by atoms with Gasteiger partial charge in [-0.3, -0.25) is 4.79 Å². The van der Waals surface area contributed by atoms with E-state index in [0.29, 0.717) is 23.1 Å². The monoisotopic (exact) mass is 395 g/mol. The highest BCUT2D eigenvalue weighted by Crippen LogP contribution is 2.29. The first kappa shape index (κ1) is 20.3. The number of nitrogens with one attached hydrogen (secondary N) is 1. The number of carbonyl (C=O) groups excluding carboxylic acids is 1. The van der Waals surface area contributed by atoms with Crippen LogP contribution in [0.15, 0.2) is 60.9 Å². The van der Waals surface area contributed by atoms with Crippen molar-refractivity contribution in [1.29, 1.82) is 0 Å². The molecule has 7 nitrogen and oxygen atoms in total. The largest absolute Gasteiger partial charge is 0.497 e. The maximum absolute atomic E-state index is 12.9. The van der Waals surface area contributed by atoms with Gasteiger partial charge in [0.2, 0.25) is 0 Å². The molecule has 0 unspecified atom stereocenters. The fraction of sp³-hybridized carbons (Fsp3) is 0.273. The van der Waals surface area contributed by atoms with Crippen LogP contribution in [0.3, 0.4) is 0 Å². The molecule has 3 rings (SSSR count). The number of hydrogen-bond donors (Lipinski definition) is 1. The zero-order valence-corrected chi connectivity index (χ0v) is 17.0. The van der Waals surface area contributed by atoms with Crippen LogP contribution in [0.25, 0.3) is 0 Å². The Morgan fingerprint density at radius 2 is 1.69 bits per heavy atom. The van der Waals surface area contributed by atoms with Gasteiger partial charge in [-0.25, -0.2) is 4.98 Å². The van der Waals surface area contributed by atoms with Gasteiger partial charge in [0.25, 0.3) is 5.91 Å². The van der Waals surface area contributed by atoms with Crippen molar-refractivity contribution in [3.8, 4) is 17.2 Å². The summed E-state index contributed by atoms with van der Waals surface area (Å²) in [6.45, 7) is 1.71. The van der Waals surface area contributed by atoms with E-state index in [2.05, 4.69) is 10.3 Å². The molecule has 1 amide bonds. The molecule has 2 atom stereocenters. The summed E-state index contributed by atoms with van der Waals surface area (Å²) in [7, 11) is 5.05. The molecule has 0 radical (unpaired) electrons. The highest BCUT2D eigenvalue weighted by molar-refractivity contribution is 5.81. The topological polar surface area (TPSA) is 74.6 Å². The minimum Gasteiger partial charge on any atom is -0.497 e. The molecular formula is C22H25N3O4. The van der Waals surface area contributed by atoms with Gasteiger partial charge in [0, 0.05) is 25.5 Å². The van der Waals surface area contributed by atoms with Crippen LogP contribution in [0.2, 0.25) is 0 Å². The molecule has 1 N–H and O–H groups in total. The fourth-order valence-corrected chi connectivity index (χ4v) is 2.96. The second kappa shape index (κ2) is 9.14. The number of para-hydroxylation sites is 1. The average molecular weight is 395 g/mol. The van der Waals surface area contributed by atoms with E-state index in [1.807, 2.05) is 60.3 Å². The average Bonchev–Trinajstić information content (AvgIpc) is 3.17. The lowest BCUT2D eigenvalue weighted by atomic mass is 10.0. The van der Waals surface area contributed by atoms with Gasteiger partial charge in [-0.2, -0.15) is 0 Å². The smallest absolute Gasteiger partial charge is 0.261 e. The van der Waals surface area contributed by atoms with E-state index in [0.717, 1.165) is 5.56 Å². The van der Waals surface area contributed by atoms with Crippen LogP contribution in [0.1, 0.15) is 24.4 Å². The van der Waals surface area contributed by atoms with E-state index in [1.165, 1.54) is 0 Å². The van der Waals surface area contributed by atoms with Gasteiger partial charge >= 0.3 is 0 Å². The highest BCUT2D eigenvalue weighted by Gasteiger charge is 2.25. The molecule has 0 saturated carbocycles. The first-order valence-corrected chi connectivity index (χ1v) is 9.24. The van der Waals surface area contributed by atoms with Crippen molar-refractivity contribution < 1.29 is 19.0 Å². The molecule has 0 saturated heterocycles. The number of ether oxygens (including phenoxy) is 3. The van der Waals surface area contributed by atoms with Gasteiger partial charge in [0.15, 0.2) is 6.10 Å². The highest BCUT2D eigenvalue weighted by atomic mass is 16.5. The van der Waals surface area contributed by atoms with E-state index in [-0.39, 0.29) is 5.91 Å². The van der Waals surface area contributed by atoms with Crippen LogP contribution >= 0.6 is 0 Å². The number of rotatable bonds is 8. The van der Waals surface area contributed by atoms with Crippen LogP contribution in [-0.2, 0) is 11.8 Å². The minimum atomic E-state index is -0.687. The summed E-state index contributed by atoms with van der Waals surface area (Å²) in [6.07, 6.45) is 2.83. The van der Waals surface area contributed by atoms with Crippen molar-refractivity contribution in [3.05, 3.63) is 72.3 Å². The number of methoxy groups -OCH3 is 2. The first-order valence-electron chi connectivity index (χ1n) is 9.24. The number of benzene rings is 2. The van der Waals surface area contributed by atoms with Crippen LogP contribution in [0, 0.1) is 0 Å². The summed E-state index contributed by atoms with van der Waals surface area (Å²) in [6, 6.07) is 14.2. The predicted molar refractivity (Wildman–Crippen MR) is 109 cm³/mol. The van der Waals surface area contributed by atoms with E-state index in [1.54, 1.807) is 33.4 Å². The molecule has 1 heterocycles. The number of imidazole rings is 1. The Kier molecular flexibility index (Phi) is 6.39. The number of aromatic nitrogens is 2. The van der Waals surface area contributed by atoms with Gasteiger partial charge in [-0.15, -0.1) is 0 Å². The predicted octanol–water partition coefficient (Wildman–Crippen LogP) is 3.11.